The van der Waals surface area contributed by atoms with Crippen LogP contribution < -0.4 is 4.74 Å². The summed E-state index contributed by atoms with van der Waals surface area (Å²) in [6.45, 7) is -0.240. The molecule has 0 radical (unpaired) electrons. The first-order chi connectivity index (χ1) is 15.7. The van der Waals surface area contributed by atoms with Gasteiger partial charge in [-0.25, -0.2) is 14.2 Å². The molecule has 0 amide bonds. The molecule has 8 heteroatoms. The van der Waals surface area contributed by atoms with Crippen LogP contribution in [0.2, 0.25) is 0 Å². The Morgan fingerprint density at radius 3 is 2.48 bits per heavy atom. The van der Waals surface area contributed by atoms with Gasteiger partial charge in [-0.15, -0.1) is 0 Å². The molecular weight excluding hydrogens is 438 g/mol. The Balaban J connectivity index is 1.63. The van der Waals surface area contributed by atoms with Crippen molar-refractivity contribution in [2.75, 3.05) is 0 Å². The highest BCUT2D eigenvalue weighted by Gasteiger charge is 2.31. The second-order valence-corrected chi connectivity index (χ2v) is 7.61. The van der Waals surface area contributed by atoms with Crippen LogP contribution in [0.5, 0.6) is 5.75 Å². The molecule has 0 aliphatic heterocycles. The third-order valence-corrected chi connectivity index (χ3v) is 5.47. The van der Waals surface area contributed by atoms with Gasteiger partial charge < -0.3 is 9.84 Å². The summed E-state index contributed by atoms with van der Waals surface area (Å²) in [6, 6.07) is 14.3. The monoisotopic (exact) mass is 457 g/mol. The van der Waals surface area contributed by atoms with E-state index in [2.05, 4.69) is 4.98 Å². The third kappa shape index (κ3) is 4.89. The predicted molar refractivity (Wildman–Crippen MR) is 114 cm³/mol. The van der Waals surface area contributed by atoms with Crippen molar-refractivity contribution < 1.29 is 32.2 Å². The third-order valence-electron chi connectivity index (χ3n) is 5.47. The molecule has 4 rings (SSSR count). The zero-order valence-corrected chi connectivity index (χ0v) is 17.3. The fraction of sp³-hybridized carbons (Fsp3) is 0.200. The minimum Gasteiger partial charge on any atom is -0.488 e. The number of hydrogen-bond acceptors (Lipinski definition) is 3. The predicted octanol–water partition coefficient (Wildman–Crippen LogP) is 6.61. The van der Waals surface area contributed by atoms with Gasteiger partial charge in [0.2, 0.25) is 0 Å². The van der Waals surface area contributed by atoms with E-state index >= 15 is 0 Å². The van der Waals surface area contributed by atoms with Gasteiger partial charge in [-0.1, -0.05) is 30.3 Å². The molecule has 33 heavy (non-hydrogen) atoms. The number of halogens is 4. The number of aromatic carboxylic acids is 1. The maximum absolute atomic E-state index is 14.2. The van der Waals surface area contributed by atoms with Crippen molar-refractivity contribution in [2.45, 2.75) is 32.0 Å². The summed E-state index contributed by atoms with van der Waals surface area (Å²) in [7, 11) is 0. The number of allylic oxidation sites excluding steroid dienone is 2. The second-order valence-electron chi connectivity index (χ2n) is 7.61. The minimum absolute atomic E-state index is 0.00857. The smallest absolute Gasteiger partial charge is 0.416 e. The number of alkyl halides is 3. The molecule has 1 heterocycles. The Morgan fingerprint density at radius 1 is 1.00 bits per heavy atom. The van der Waals surface area contributed by atoms with Crippen molar-refractivity contribution >= 4 is 17.1 Å². The van der Waals surface area contributed by atoms with Crippen molar-refractivity contribution in [1.82, 2.24) is 4.98 Å². The number of nitrogens with zero attached hydrogens (tertiary/aromatic N) is 1. The lowest BCUT2D eigenvalue weighted by Gasteiger charge is -2.15. The van der Waals surface area contributed by atoms with E-state index in [0.717, 1.165) is 41.7 Å². The van der Waals surface area contributed by atoms with Gasteiger partial charge in [-0.05, 0) is 60.7 Å². The second kappa shape index (κ2) is 9.05. The summed E-state index contributed by atoms with van der Waals surface area (Å²) in [5.41, 5.74) is 2.11. The molecule has 1 aromatic heterocycles. The molecule has 0 fully saturated rings. The molecule has 0 spiro atoms. The maximum Gasteiger partial charge on any atom is 0.416 e. The molecule has 0 saturated heterocycles. The number of aromatic nitrogens is 1. The molecule has 0 unspecified atom stereocenters. The topological polar surface area (TPSA) is 59.4 Å². The number of hydrogen-bond donors (Lipinski definition) is 1. The largest absolute Gasteiger partial charge is 0.488 e. The molecule has 2 aromatic carbocycles. The summed E-state index contributed by atoms with van der Waals surface area (Å²) in [5.74, 6) is -1.64. The van der Waals surface area contributed by atoms with Crippen LogP contribution in [0.4, 0.5) is 17.6 Å². The highest BCUT2D eigenvalue weighted by molar-refractivity contribution is 5.94. The summed E-state index contributed by atoms with van der Waals surface area (Å²) < 4.78 is 58.4. The Morgan fingerprint density at radius 2 is 1.76 bits per heavy atom. The van der Waals surface area contributed by atoms with E-state index < -0.39 is 23.5 Å². The van der Waals surface area contributed by atoms with E-state index in [1.165, 1.54) is 6.07 Å². The van der Waals surface area contributed by atoms with Crippen molar-refractivity contribution in [3.63, 3.8) is 0 Å². The standard InChI is InChI=1S/C25H19F4NO3/c26-20-13-16(25(27,28)29)12-11-15(20)14-33-23-10-2-1-5-19(23)17-6-3-7-18(17)21-8-4-9-22(30-21)24(31)32/h1-2,4-5,8-13H,3,6-7,14H2,(H,31,32). The van der Waals surface area contributed by atoms with Crippen molar-refractivity contribution in [3.05, 3.63) is 94.6 Å². The summed E-state index contributed by atoms with van der Waals surface area (Å²) in [6.07, 6.45) is -2.33. The molecule has 4 nitrogen and oxygen atoms in total. The lowest BCUT2D eigenvalue weighted by molar-refractivity contribution is -0.137. The van der Waals surface area contributed by atoms with Crippen LogP contribution in [0.15, 0.2) is 60.7 Å². The highest BCUT2D eigenvalue weighted by atomic mass is 19.4. The van der Waals surface area contributed by atoms with Gasteiger partial charge in [0.05, 0.1) is 11.3 Å². The molecule has 1 aliphatic carbocycles. The van der Waals surface area contributed by atoms with Gasteiger partial charge in [0.15, 0.2) is 0 Å². The average molecular weight is 457 g/mol. The van der Waals surface area contributed by atoms with Crippen LogP contribution in [0, 0.1) is 5.82 Å². The zero-order chi connectivity index (χ0) is 23.6. The Hall–Kier alpha value is -3.68. The summed E-state index contributed by atoms with van der Waals surface area (Å²) in [5, 5.41) is 9.25. The minimum atomic E-state index is -4.62. The number of para-hydroxylation sites is 1. The average Bonchev–Trinajstić information content (AvgIpc) is 3.27. The van der Waals surface area contributed by atoms with Gasteiger partial charge in [0, 0.05) is 11.1 Å². The van der Waals surface area contributed by atoms with Crippen molar-refractivity contribution in [1.29, 1.82) is 0 Å². The van der Waals surface area contributed by atoms with Crippen LogP contribution in [-0.2, 0) is 12.8 Å². The van der Waals surface area contributed by atoms with Gasteiger partial charge in [0.25, 0.3) is 0 Å². The van der Waals surface area contributed by atoms with Crippen LogP contribution in [0.25, 0.3) is 11.1 Å². The van der Waals surface area contributed by atoms with E-state index in [0.29, 0.717) is 23.9 Å². The lowest BCUT2D eigenvalue weighted by atomic mass is 9.99. The number of carboxylic acid groups (broad SMARTS) is 1. The van der Waals surface area contributed by atoms with E-state index in [1.54, 1.807) is 24.3 Å². The Labute approximate surface area is 187 Å². The normalized spacial score (nSPS) is 13.9. The first kappa shape index (κ1) is 22.5. The molecule has 1 N–H and O–H groups in total. The summed E-state index contributed by atoms with van der Waals surface area (Å²) >= 11 is 0. The van der Waals surface area contributed by atoms with Crippen LogP contribution in [-0.4, -0.2) is 16.1 Å². The van der Waals surface area contributed by atoms with E-state index in [1.807, 2.05) is 12.1 Å². The number of ether oxygens (including phenoxy) is 1. The quantitative estimate of drug-likeness (QED) is 0.423. The fourth-order valence-corrected chi connectivity index (χ4v) is 3.88. The molecule has 0 atom stereocenters. The first-order valence-corrected chi connectivity index (χ1v) is 10.2. The number of pyridine rings is 1. The lowest BCUT2D eigenvalue weighted by Crippen LogP contribution is -2.07. The molecule has 170 valence electrons. The molecule has 0 bridgehead atoms. The zero-order valence-electron chi connectivity index (χ0n) is 17.3. The van der Waals surface area contributed by atoms with E-state index in [9.17, 15) is 27.5 Å². The van der Waals surface area contributed by atoms with Gasteiger partial charge in [0.1, 0.15) is 23.9 Å². The van der Waals surface area contributed by atoms with E-state index in [-0.39, 0.29) is 17.9 Å². The number of benzene rings is 2. The van der Waals surface area contributed by atoms with Crippen LogP contribution >= 0.6 is 0 Å². The number of rotatable bonds is 6. The molecule has 3 aromatic rings. The highest BCUT2D eigenvalue weighted by Crippen LogP contribution is 2.42. The molecule has 1 aliphatic rings. The van der Waals surface area contributed by atoms with E-state index in [4.69, 9.17) is 4.74 Å². The first-order valence-electron chi connectivity index (χ1n) is 10.2. The van der Waals surface area contributed by atoms with Gasteiger partial charge in [-0.2, -0.15) is 13.2 Å². The molecular formula is C25H19F4NO3. The van der Waals surface area contributed by atoms with Crippen molar-refractivity contribution in [3.8, 4) is 5.75 Å². The van der Waals surface area contributed by atoms with Crippen LogP contribution in [0.3, 0.4) is 0 Å². The Bertz CT molecular complexity index is 1230. The SMILES string of the molecule is O=C(O)c1cccc(C2=C(c3ccccc3OCc3ccc(C(F)(F)F)cc3F)CCC2)n1. The Kier molecular flexibility index (Phi) is 6.18. The summed E-state index contributed by atoms with van der Waals surface area (Å²) in [4.78, 5) is 15.6. The molecule has 0 saturated carbocycles. The fourth-order valence-electron chi connectivity index (χ4n) is 3.88. The van der Waals surface area contributed by atoms with Crippen molar-refractivity contribution in [2.24, 2.45) is 0 Å². The number of carbonyl (C=O) groups is 1. The van der Waals surface area contributed by atoms with Gasteiger partial charge in [-0.3, -0.25) is 0 Å². The number of carboxylic acids is 1. The maximum atomic E-state index is 14.2. The van der Waals surface area contributed by atoms with Crippen LogP contribution in [0.1, 0.15) is 52.1 Å². The van der Waals surface area contributed by atoms with Gasteiger partial charge >= 0.3 is 12.1 Å².